The number of nitrogens with zero attached hydrogens (tertiary/aromatic N) is 6. The number of hydrogen-bond acceptors (Lipinski definition) is 12. The molecule has 16 heteroatoms. The smallest absolute Gasteiger partial charge is 0.337 e. The third-order valence-corrected chi connectivity index (χ3v) is 10.4. The summed E-state index contributed by atoms with van der Waals surface area (Å²) in [5.41, 5.74) is 4.30. The van der Waals surface area contributed by atoms with Crippen LogP contribution in [0.1, 0.15) is 62.5 Å². The number of carbonyl (C=O) groups is 4. The highest BCUT2D eigenvalue weighted by atomic mass is 16.5. The number of methoxy groups -OCH3 is 2. The number of benzene rings is 2. The largest absolute Gasteiger partial charge is 0.491 e. The van der Waals surface area contributed by atoms with Crippen molar-refractivity contribution >= 4 is 24.0 Å². The molecule has 16 nitrogen and oxygen atoms in total. The number of hydrogen-bond donors (Lipinski definition) is 0. The fraction of sp³-hybridized carbons (Fsp3) is 0.395. The molecule has 2 aromatic carbocycles. The fourth-order valence-electron chi connectivity index (χ4n) is 7.21. The summed E-state index contributed by atoms with van der Waals surface area (Å²) in [6.07, 6.45) is 6.91. The Kier molecular flexibility index (Phi) is 14.3. The van der Waals surface area contributed by atoms with Crippen LogP contribution in [0.5, 0.6) is 11.5 Å². The Morgan fingerprint density at radius 2 is 1.02 bits per heavy atom. The molecule has 0 aliphatic carbocycles. The zero-order valence-corrected chi connectivity index (χ0v) is 32.5. The molecule has 2 aromatic heterocycles. The molecule has 6 heterocycles. The van der Waals surface area contributed by atoms with Crippen molar-refractivity contribution in [2.45, 2.75) is 32.6 Å². The van der Waals surface area contributed by atoms with Crippen molar-refractivity contribution in [3.05, 3.63) is 119 Å². The second-order valence-corrected chi connectivity index (χ2v) is 13.9. The molecule has 4 aromatic rings. The zero-order valence-electron chi connectivity index (χ0n) is 32.5. The monoisotopic (exact) mass is 810 g/mol. The lowest BCUT2D eigenvalue weighted by Crippen LogP contribution is -2.49. The average molecular weight is 811 g/mol. The first-order valence-corrected chi connectivity index (χ1v) is 19.1. The maximum absolute atomic E-state index is 13.4. The van der Waals surface area contributed by atoms with E-state index in [9.17, 15) is 19.2 Å². The van der Waals surface area contributed by atoms with Gasteiger partial charge in [-0.25, -0.2) is 19.2 Å². The van der Waals surface area contributed by atoms with Gasteiger partial charge in [0.2, 0.25) is 0 Å². The van der Waals surface area contributed by atoms with Crippen LogP contribution in [0.3, 0.4) is 0 Å². The predicted molar refractivity (Wildman–Crippen MR) is 214 cm³/mol. The molecule has 4 aliphatic heterocycles. The maximum atomic E-state index is 13.4. The van der Waals surface area contributed by atoms with Crippen LogP contribution in [0, 0.1) is 0 Å². The van der Waals surface area contributed by atoms with Gasteiger partial charge in [0, 0.05) is 62.1 Å². The molecule has 0 spiro atoms. The zero-order chi connectivity index (χ0) is 40.4. The predicted octanol–water partition coefficient (Wildman–Crippen LogP) is 5.15. The molecule has 4 aliphatic rings. The molecule has 0 unspecified atom stereocenters. The van der Waals surface area contributed by atoms with Gasteiger partial charge in [-0.15, -0.1) is 0 Å². The topological polar surface area (TPSA) is 162 Å². The number of ether oxygens (including phenoxy) is 6. The first-order chi connectivity index (χ1) is 28.3. The number of fused-ring (bicyclic) bond motifs is 2. The second kappa shape index (κ2) is 19.9. The summed E-state index contributed by atoms with van der Waals surface area (Å²) in [7, 11) is 2.69. The van der Waals surface area contributed by atoms with Crippen molar-refractivity contribution in [2.75, 3.05) is 80.0 Å². The van der Waals surface area contributed by atoms with E-state index in [4.69, 9.17) is 28.4 Å². The van der Waals surface area contributed by atoms with Gasteiger partial charge in [-0.2, -0.15) is 0 Å². The van der Waals surface area contributed by atoms with Crippen molar-refractivity contribution in [3.8, 4) is 11.5 Å². The van der Waals surface area contributed by atoms with Gasteiger partial charge in [0.15, 0.2) is 0 Å². The third kappa shape index (κ3) is 9.89. The number of rotatable bonds is 4. The maximum Gasteiger partial charge on any atom is 0.337 e. The van der Waals surface area contributed by atoms with E-state index in [1.807, 2.05) is 46.2 Å². The summed E-state index contributed by atoms with van der Waals surface area (Å²) >= 11 is 0. The van der Waals surface area contributed by atoms with Gasteiger partial charge in [-0.3, -0.25) is 9.97 Å². The van der Waals surface area contributed by atoms with Crippen LogP contribution in [0.2, 0.25) is 0 Å². The molecule has 2 atom stereocenters. The molecular weight excluding hydrogens is 761 g/mol. The van der Waals surface area contributed by atoms with Crippen LogP contribution in [0.25, 0.3) is 0 Å². The average Bonchev–Trinajstić information content (AvgIpc) is 3.61. The molecule has 2 fully saturated rings. The van der Waals surface area contributed by atoms with Gasteiger partial charge in [0.1, 0.15) is 24.7 Å². The first kappa shape index (κ1) is 42.3. The number of morpholine rings is 2. The Morgan fingerprint density at radius 1 is 0.610 bits per heavy atom. The van der Waals surface area contributed by atoms with Gasteiger partial charge < -0.3 is 48.0 Å². The minimum absolute atomic E-state index is 0. The van der Waals surface area contributed by atoms with Gasteiger partial charge in [0.05, 0.1) is 76.9 Å². The Labute approximate surface area is 343 Å². The summed E-state index contributed by atoms with van der Waals surface area (Å²) in [5, 5.41) is 0. The van der Waals surface area contributed by atoms with E-state index in [1.54, 1.807) is 58.9 Å². The van der Waals surface area contributed by atoms with Crippen molar-refractivity contribution < 1.29 is 47.6 Å². The number of esters is 2. The van der Waals surface area contributed by atoms with Crippen LogP contribution in [-0.2, 0) is 32.0 Å². The van der Waals surface area contributed by atoms with E-state index in [0.717, 1.165) is 22.3 Å². The molecule has 0 radical (unpaired) electrons. The van der Waals surface area contributed by atoms with Crippen LogP contribution in [0.4, 0.5) is 9.59 Å². The number of aromatic nitrogens is 2. The van der Waals surface area contributed by atoms with Crippen molar-refractivity contribution in [1.29, 1.82) is 0 Å². The van der Waals surface area contributed by atoms with E-state index in [0.29, 0.717) is 88.3 Å². The van der Waals surface area contributed by atoms with Crippen LogP contribution >= 0.6 is 0 Å². The standard InChI is InChI=1S/2C21H23N3O5.CH4/c2*1-27-20(25)15-4-5-17-13-24(21(26)23-7-9-28-10-8-23)18(14-29-19(17)11-15)16-3-2-6-22-12-16;/h2*2-6,11-12,18H,7-10,13-14H2,1H3;1H4/t2*18-;/m10./s1. The quantitative estimate of drug-likeness (QED) is 0.250. The SMILES string of the molecule is C.COC(=O)c1ccc2c(c1)OC[C@@H](c1cccnc1)N(C(=O)N1CCOCC1)C2.COC(=O)c1ccc2c(c1)OC[C@H](c1cccnc1)N(C(=O)N1CCOCC1)C2. The second-order valence-electron chi connectivity index (χ2n) is 13.9. The van der Waals surface area contributed by atoms with Gasteiger partial charge in [-0.1, -0.05) is 31.7 Å². The molecule has 8 rings (SSSR count). The Balaban J connectivity index is 0.000000195. The molecule has 0 N–H and O–H groups in total. The number of amides is 4. The highest BCUT2D eigenvalue weighted by Crippen LogP contribution is 2.35. The molecule has 0 saturated carbocycles. The van der Waals surface area contributed by atoms with E-state index in [1.165, 1.54) is 14.2 Å². The third-order valence-electron chi connectivity index (χ3n) is 10.4. The van der Waals surface area contributed by atoms with Crippen LogP contribution < -0.4 is 9.47 Å². The summed E-state index contributed by atoms with van der Waals surface area (Å²) in [6, 6.07) is 17.2. The van der Waals surface area contributed by atoms with Crippen molar-refractivity contribution in [3.63, 3.8) is 0 Å². The molecule has 4 amide bonds. The number of pyridine rings is 2. The Hall–Kier alpha value is -6.26. The van der Waals surface area contributed by atoms with Crippen molar-refractivity contribution in [1.82, 2.24) is 29.6 Å². The lowest BCUT2D eigenvalue weighted by Gasteiger charge is -2.36. The van der Waals surface area contributed by atoms with E-state index in [2.05, 4.69) is 9.97 Å². The molecule has 59 heavy (non-hydrogen) atoms. The van der Waals surface area contributed by atoms with E-state index < -0.39 is 11.9 Å². The lowest BCUT2D eigenvalue weighted by molar-refractivity contribution is 0.0361. The van der Waals surface area contributed by atoms with Gasteiger partial charge >= 0.3 is 24.0 Å². The van der Waals surface area contributed by atoms with E-state index >= 15 is 0 Å². The number of urea groups is 2. The summed E-state index contributed by atoms with van der Waals surface area (Å²) in [5.74, 6) is 0.314. The van der Waals surface area contributed by atoms with Crippen LogP contribution in [-0.4, -0.2) is 134 Å². The summed E-state index contributed by atoms with van der Waals surface area (Å²) < 4.78 is 32.5. The van der Waals surface area contributed by atoms with Crippen molar-refractivity contribution in [2.24, 2.45) is 0 Å². The van der Waals surface area contributed by atoms with Crippen LogP contribution in [0.15, 0.2) is 85.5 Å². The van der Waals surface area contributed by atoms with Gasteiger partial charge in [0.25, 0.3) is 0 Å². The molecule has 312 valence electrons. The molecular formula is C43H50N6O10. The fourth-order valence-corrected chi connectivity index (χ4v) is 7.21. The minimum atomic E-state index is -0.425. The molecule has 2 saturated heterocycles. The Morgan fingerprint density at radius 3 is 1.37 bits per heavy atom. The van der Waals surface area contributed by atoms with Gasteiger partial charge in [-0.05, 0) is 47.5 Å². The summed E-state index contributed by atoms with van der Waals surface area (Å²) in [6.45, 7) is 5.64. The minimum Gasteiger partial charge on any atom is -0.491 e. The molecule has 0 bridgehead atoms. The Bertz CT molecular complexity index is 1910. The highest BCUT2D eigenvalue weighted by molar-refractivity contribution is 5.90. The normalized spacial score (nSPS) is 18.7. The lowest BCUT2D eigenvalue weighted by atomic mass is 10.1. The number of carbonyl (C=O) groups excluding carboxylic acids is 4. The summed E-state index contributed by atoms with van der Waals surface area (Å²) in [4.78, 5) is 66.1. The van der Waals surface area contributed by atoms with E-state index in [-0.39, 0.29) is 44.8 Å². The first-order valence-electron chi connectivity index (χ1n) is 19.1. The highest BCUT2D eigenvalue weighted by Gasteiger charge is 2.35.